The minimum absolute atomic E-state index is 0.187. The summed E-state index contributed by atoms with van der Waals surface area (Å²) in [5, 5.41) is 6.22. The van der Waals surface area contributed by atoms with Crippen molar-refractivity contribution in [3.05, 3.63) is 22.7 Å². The van der Waals surface area contributed by atoms with Crippen LogP contribution < -0.4 is 11.1 Å². The zero-order chi connectivity index (χ0) is 17.1. The largest absolute Gasteiger partial charge is 0.376 e. The van der Waals surface area contributed by atoms with Crippen LogP contribution in [0.1, 0.15) is 42.2 Å². The third-order valence-electron chi connectivity index (χ3n) is 4.34. The fourth-order valence-electron chi connectivity index (χ4n) is 3.04. The van der Waals surface area contributed by atoms with Gasteiger partial charge >= 0.3 is 0 Å². The van der Waals surface area contributed by atoms with E-state index in [0.29, 0.717) is 5.56 Å². The first-order valence-electron chi connectivity index (χ1n) is 8.41. The molecule has 0 aliphatic carbocycles. The smallest absolute Gasteiger partial charge is 0.250 e. The quantitative estimate of drug-likeness (QED) is 0.806. The van der Waals surface area contributed by atoms with Crippen LogP contribution in [0.15, 0.2) is 11.4 Å². The second-order valence-corrected chi connectivity index (χ2v) is 6.96. The summed E-state index contributed by atoms with van der Waals surface area (Å²) >= 11 is 1.58. The normalized spacial score (nSPS) is 17.3. The molecule has 0 spiro atoms. The summed E-state index contributed by atoms with van der Waals surface area (Å²) in [6, 6.07) is 1.85. The van der Waals surface area contributed by atoms with Gasteiger partial charge in [0, 0.05) is 30.8 Å². The Kier molecular flexibility index (Phi) is 5.20. The second-order valence-electron chi connectivity index (χ2n) is 6.10. The van der Waals surface area contributed by atoms with Gasteiger partial charge in [-0.3, -0.25) is 4.79 Å². The van der Waals surface area contributed by atoms with Gasteiger partial charge in [0.25, 0.3) is 5.91 Å². The van der Waals surface area contributed by atoms with Crippen molar-refractivity contribution < 1.29 is 9.53 Å². The summed E-state index contributed by atoms with van der Waals surface area (Å²) < 4.78 is 7.88. The molecule has 0 radical (unpaired) electrons. The molecular weight excluding hydrogens is 324 g/mol. The minimum Gasteiger partial charge on any atom is -0.376 e. The number of carbonyl (C=O) groups excluding carboxylic acids is 1. The Morgan fingerprint density at radius 2 is 2.42 bits per heavy atom. The lowest BCUT2D eigenvalue weighted by Crippen LogP contribution is -2.18. The highest BCUT2D eigenvalue weighted by atomic mass is 32.1. The zero-order valence-electron chi connectivity index (χ0n) is 14.2. The molecule has 7 heteroatoms. The number of aromatic nitrogens is 2. The van der Waals surface area contributed by atoms with E-state index in [0.717, 1.165) is 61.2 Å². The van der Waals surface area contributed by atoms with Crippen molar-refractivity contribution in [1.29, 1.82) is 0 Å². The second kappa shape index (κ2) is 7.36. The Hall–Kier alpha value is -1.86. The van der Waals surface area contributed by atoms with Crippen molar-refractivity contribution in [3.63, 3.8) is 0 Å². The highest BCUT2D eigenvalue weighted by molar-refractivity contribution is 7.14. The van der Waals surface area contributed by atoms with Gasteiger partial charge in [0.05, 0.1) is 23.1 Å². The van der Waals surface area contributed by atoms with Gasteiger partial charge in [-0.1, -0.05) is 6.92 Å². The Morgan fingerprint density at radius 1 is 1.58 bits per heavy atom. The lowest BCUT2D eigenvalue weighted by atomic mass is 10.2. The van der Waals surface area contributed by atoms with Crippen LogP contribution in [0, 0.1) is 6.92 Å². The number of primary amides is 1. The van der Waals surface area contributed by atoms with Gasteiger partial charge in [-0.25, -0.2) is 4.98 Å². The molecule has 0 saturated carbocycles. The number of nitrogens with one attached hydrogen (secondary N) is 1. The van der Waals surface area contributed by atoms with Crippen LogP contribution >= 0.6 is 11.3 Å². The Morgan fingerprint density at radius 3 is 3.08 bits per heavy atom. The SMILES string of the molecule is CCCNc1nc(-c2cc(C(N)=O)c(C)n2CC2CCCO2)cs1. The predicted molar refractivity (Wildman–Crippen MR) is 96.5 cm³/mol. The number of thiazole rings is 1. The highest BCUT2D eigenvalue weighted by Crippen LogP contribution is 2.30. The summed E-state index contributed by atoms with van der Waals surface area (Å²) in [6.07, 6.45) is 3.37. The molecule has 3 rings (SSSR count). The number of amides is 1. The average molecular weight is 348 g/mol. The van der Waals surface area contributed by atoms with Crippen LogP contribution in [0.4, 0.5) is 5.13 Å². The molecule has 0 aromatic carbocycles. The van der Waals surface area contributed by atoms with Gasteiger partial charge < -0.3 is 20.4 Å². The number of hydrogen-bond donors (Lipinski definition) is 2. The van der Waals surface area contributed by atoms with Crippen LogP contribution in [0.25, 0.3) is 11.4 Å². The number of rotatable bonds is 7. The lowest BCUT2D eigenvalue weighted by Gasteiger charge is -2.15. The van der Waals surface area contributed by atoms with E-state index in [1.165, 1.54) is 0 Å². The molecule has 130 valence electrons. The van der Waals surface area contributed by atoms with Crippen molar-refractivity contribution >= 4 is 22.4 Å². The number of nitrogens with zero attached hydrogens (tertiary/aromatic N) is 2. The number of hydrogen-bond acceptors (Lipinski definition) is 5. The zero-order valence-corrected chi connectivity index (χ0v) is 15.0. The molecule has 0 bridgehead atoms. The fraction of sp³-hybridized carbons (Fsp3) is 0.529. The van der Waals surface area contributed by atoms with Crippen molar-refractivity contribution in [2.45, 2.75) is 45.8 Å². The molecule has 1 atom stereocenters. The Bertz CT molecular complexity index is 716. The highest BCUT2D eigenvalue weighted by Gasteiger charge is 2.23. The predicted octanol–water partition coefficient (Wildman–Crippen LogP) is 3.02. The van der Waals surface area contributed by atoms with Gasteiger partial charge in [0.1, 0.15) is 0 Å². The third kappa shape index (κ3) is 3.47. The first-order chi connectivity index (χ1) is 11.6. The van der Waals surface area contributed by atoms with Gasteiger partial charge in [-0.2, -0.15) is 0 Å². The molecule has 3 heterocycles. The Balaban J connectivity index is 1.93. The van der Waals surface area contributed by atoms with E-state index in [9.17, 15) is 4.79 Å². The van der Waals surface area contributed by atoms with E-state index in [2.05, 4.69) is 21.8 Å². The molecule has 24 heavy (non-hydrogen) atoms. The molecule has 1 saturated heterocycles. The third-order valence-corrected chi connectivity index (χ3v) is 5.14. The van der Waals surface area contributed by atoms with Crippen LogP contribution in [-0.2, 0) is 11.3 Å². The topological polar surface area (TPSA) is 82.2 Å². The maximum absolute atomic E-state index is 11.7. The molecule has 1 aliphatic heterocycles. The van der Waals surface area contributed by atoms with Crippen molar-refractivity contribution in [1.82, 2.24) is 9.55 Å². The first kappa shape index (κ1) is 17.0. The maximum Gasteiger partial charge on any atom is 0.250 e. The van der Waals surface area contributed by atoms with E-state index in [1.54, 1.807) is 11.3 Å². The van der Waals surface area contributed by atoms with Crippen molar-refractivity contribution in [3.8, 4) is 11.4 Å². The van der Waals surface area contributed by atoms with Crippen LogP contribution in [0.3, 0.4) is 0 Å². The van der Waals surface area contributed by atoms with Gasteiger partial charge in [0.15, 0.2) is 5.13 Å². The molecule has 1 aliphatic rings. The maximum atomic E-state index is 11.7. The summed E-state index contributed by atoms with van der Waals surface area (Å²) in [4.78, 5) is 16.4. The summed E-state index contributed by atoms with van der Waals surface area (Å²) in [7, 11) is 0. The fourth-order valence-corrected chi connectivity index (χ4v) is 3.77. The van der Waals surface area contributed by atoms with E-state index in [4.69, 9.17) is 10.5 Å². The molecular formula is C17H24N4O2S. The van der Waals surface area contributed by atoms with E-state index >= 15 is 0 Å². The monoisotopic (exact) mass is 348 g/mol. The molecule has 2 aromatic rings. The minimum atomic E-state index is -0.403. The standard InChI is InChI=1S/C17H24N4O2S/c1-3-6-19-17-20-14(10-24-17)15-8-13(16(18)22)11(2)21(15)9-12-5-4-7-23-12/h8,10,12H,3-7,9H2,1-2H3,(H2,18,22)(H,19,20). The molecule has 3 N–H and O–H groups in total. The van der Waals surface area contributed by atoms with Gasteiger partial charge in [0.2, 0.25) is 0 Å². The van der Waals surface area contributed by atoms with Crippen LogP contribution in [0.2, 0.25) is 0 Å². The van der Waals surface area contributed by atoms with Crippen LogP contribution in [-0.4, -0.2) is 34.7 Å². The number of ether oxygens (including phenoxy) is 1. The molecule has 1 fully saturated rings. The molecule has 1 unspecified atom stereocenters. The summed E-state index contributed by atoms with van der Waals surface area (Å²) in [5.41, 5.74) is 8.77. The average Bonchev–Trinajstić information content (AvgIpc) is 3.27. The molecule has 2 aromatic heterocycles. The van der Waals surface area contributed by atoms with Gasteiger partial charge in [-0.05, 0) is 32.3 Å². The van der Waals surface area contributed by atoms with Crippen molar-refractivity contribution in [2.75, 3.05) is 18.5 Å². The van der Waals surface area contributed by atoms with Crippen molar-refractivity contribution in [2.24, 2.45) is 5.73 Å². The Labute approximate surface area is 146 Å². The summed E-state index contributed by atoms with van der Waals surface area (Å²) in [5.74, 6) is -0.403. The van der Waals surface area contributed by atoms with Gasteiger partial charge in [-0.15, -0.1) is 11.3 Å². The van der Waals surface area contributed by atoms with E-state index < -0.39 is 5.91 Å². The van der Waals surface area contributed by atoms with E-state index in [-0.39, 0.29) is 6.10 Å². The number of nitrogens with two attached hydrogens (primary N) is 1. The lowest BCUT2D eigenvalue weighted by molar-refractivity contribution is 0.0961. The molecule has 6 nitrogen and oxygen atoms in total. The number of anilines is 1. The molecule has 1 amide bonds. The van der Waals surface area contributed by atoms with E-state index in [1.807, 2.05) is 18.4 Å². The summed E-state index contributed by atoms with van der Waals surface area (Å²) in [6.45, 7) is 6.49. The first-order valence-corrected chi connectivity index (χ1v) is 9.29. The number of carbonyl (C=O) groups is 1. The van der Waals surface area contributed by atoms with Crippen LogP contribution in [0.5, 0.6) is 0 Å².